The van der Waals surface area contributed by atoms with Gasteiger partial charge in [0.2, 0.25) is 0 Å². The molecule has 2 aromatic heterocycles. The van der Waals surface area contributed by atoms with Crippen LogP contribution >= 0.6 is 11.3 Å². The molecule has 0 bridgehead atoms. The van der Waals surface area contributed by atoms with Crippen LogP contribution in [-0.2, 0) is 0 Å². The summed E-state index contributed by atoms with van der Waals surface area (Å²) in [4.78, 5) is 12.0. The fraction of sp³-hybridized carbons (Fsp3) is 0. The van der Waals surface area contributed by atoms with Crippen LogP contribution < -0.4 is 0 Å². The van der Waals surface area contributed by atoms with Gasteiger partial charge >= 0.3 is 0 Å². The fourth-order valence-electron chi connectivity index (χ4n) is 9.70. The highest BCUT2D eigenvalue weighted by Gasteiger charge is 2.18. The lowest BCUT2D eigenvalue weighted by Crippen LogP contribution is -1.97. The topological polar surface area (TPSA) is 25.8 Å². The van der Waals surface area contributed by atoms with Gasteiger partial charge < -0.3 is 0 Å². The third-order valence-corrected chi connectivity index (χ3v) is 13.7. The molecule has 0 N–H and O–H groups in total. The summed E-state index contributed by atoms with van der Waals surface area (Å²) in [6.07, 6.45) is 0. The molecule has 0 saturated heterocycles. The molecule has 0 aliphatic carbocycles. The molecule has 0 amide bonds. The summed E-state index contributed by atoms with van der Waals surface area (Å²) < 4.78 is 1.29. The van der Waals surface area contributed by atoms with Crippen LogP contribution in [0.5, 0.6) is 0 Å². The quantitative estimate of drug-likeness (QED) is 0.162. The minimum atomic E-state index is 0.698. The third-order valence-electron chi connectivity index (χ3n) is 12.6. The highest BCUT2D eigenvalue weighted by Crippen LogP contribution is 2.45. The maximum atomic E-state index is 5.43. The van der Waals surface area contributed by atoms with Crippen molar-refractivity contribution in [2.24, 2.45) is 0 Å². The highest BCUT2D eigenvalue weighted by molar-refractivity contribution is 7.22. The fourth-order valence-corrected chi connectivity index (χ4v) is 10.8. The average Bonchev–Trinajstić information content (AvgIpc) is 3.77. The van der Waals surface area contributed by atoms with E-state index in [9.17, 15) is 0 Å². The SMILES string of the molecule is c1ccc(-c2ccc(-c3nc(-c4cccc(-c5cc6ccccc6s5)c4)cc(-c4cc5ccc6cccc7c8cccc9ccc%10cccc(c(c4)c5c67)c%10c98)n3)cc2)cc1. The summed E-state index contributed by atoms with van der Waals surface area (Å²) in [5.41, 5.74) is 8.39. The molecule has 0 spiro atoms. The molecular formula is C58H34N2S. The molecule has 0 aliphatic rings. The Labute approximate surface area is 356 Å². The normalized spacial score (nSPS) is 11.9. The Morgan fingerprint density at radius 2 is 0.787 bits per heavy atom. The molecule has 0 radical (unpaired) electrons. The second-order valence-corrected chi connectivity index (χ2v) is 17.2. The van der Waals surface area contributed by atoms with Gasteiger partial charge in [-0.1, -0.05) is 170 Å². The first-order valence-electron chi connectivity index (χ1n) is 20.8. The van der Waals surface area contributed by atoms with Gasteiger partial charge in [-0.05, 0) is 123 Å². The van der Waals surface area contributed by atoms with Crippen molar-refractivity contribution in [2.45, 2.75) is 0 Å². The summed E-state index contributed by atoms with van der Waals surface area (Å²) >= 11 is 1.83. The molecule has 61 heavy (non-hydrogen) atoms. The van der Waals surface area contributed by atoms with Crippen molar-refractivity contribution in [3.63, 3.8) is 0 Å². The average molecular weight is 791 g/mol. The molecule has 0 aliphatic heterocycles. The van der Waals surface area contributed by atoms with E-state index in [-0.39, 0.29) is 0 Å². The Morgan fingerprint density at radius 1 is 0.279 bits per heavy atom. The van der Waals surface area contributed by atoms with Gasteiger partial charge in [-0.2, -0.15) is 0 Å². The van der Waals surface area contributed by atoms with Gasteiger partial charge in [-0.15, -0.1) is 11.3 Å². The number of nitrogens with zero attached hydrogens (tertiary/aromatic N) is 2. The number of rotatable bonds is 5. The molecule has 2 heterocycles. The van der Waals surface area contributed by atoms with Gasteiger partial charge in [0.1, 0.15) is 0 Å². The molecule has 3 heteroatoms. The molecule has 282 valence electrons. The van der Waals surface area contributed by atoms with E-state index in [1.807, 2.05) is 11.3 Å². The second-order valence-electron chi connectivity index (χ2n) is 16.1. The van der Waals surface area contributed by atoms with Crippen LogP contribution in [0.1, 0.15) is 0 Å². The van der Waals surface area contributed by atoms with E-state index in [2.05, 4.69) is 206 Å². The van der Waals surface area contributed by atoms with Gasteiger partial charge in [0.25, 0.3) is 0 Å². The van der Waals surface area contributed by atoms with Crippen molar-refractivity contribution in [3.05, 3.63) is 206 Å². The van der Waals surface area contributed by atoms with Gasteiger partial charge in [-0.25, -0.2) is 9.97 Å². The van der Waals surface area contributed by atoms with Crippen molar-refractivity contribution in [2.75, 3.05) is 0 Å². The molecule has 11 aromatic carbocycles. The smallest absolute Gasteiger partial charge is 0.160 e. The van der Waals surface area contributed by atoms with Crippen LogP contribution in [0.25, 0.3) is 130 Å². The van der Waals surface area contributed by atoms with Crippen LogP contribution in [0.4, 0.5) is 0 Å². The monoisotopic (exact) mass is 790 g/mol. The van der Waals surface area contributed by atoms with Crippen LogP contribution in [0.2, 0.25) is 0 Å². The zero-order chi connectivity index (χ0) is 40.0. The van der Waals surface area contributed by atoms with E-state index >= 15 is 0 Å². The van der Waals surface area contributed by atoms with E-state index in [0.29, 0.717) is 5.82 Å². The Morgan fingerprint density at radius 3 is 1.48 bits per heavy atom. The van der Waals surface area contributed by atoms with Crippen molar-refractivity contribution in [1.29, 1.82) is 0 Å². The Kier molecular flexibility index (Phi) is 7.51. The number of benzene rings is 10. The standard InChI is InChI=1S/C58H34N2S/c1-2-10-35(11-3-1)36-22-27-40(28-23-36)58-59-50(41-16-6-17-42(30-41)53-33-43-12-4-5-21-52(43)61-53)34-51(60-58)45-31-44-29-26-39-14-8-19-47-46-18-7-13-37-24-25-38-15-9-20-48(56(38)54(37)46)49(32-45)57(44)55(39)47/h1-34H. The van der Waals surface area contributed by atoms with Crippen LogP contribution in [0.15, 0.2) is 206 Å². The highest BCUT2D eigenvalue weighted by atomic mass is 32.1. The predicted octanol–water partition coefficient (Wildman–Crippen LogP) is 16.4. The minimum absolute atomic E-state index is 0.698. The first-order chi connectivity index (χ1) is 30.2. The van der Waals surface area contributed by atoms with Crippen molar-refractivity contribution in [1.82, 2.24) is 9.97 Å². The third kappa shape index (κ3) is 5.48. The number of hydrogen-bond donors (Lipinski definition) is 0. The molecule has 2 nitrogen and oxygen atoms in total. The maximum absolute atomic E-state index is 5.43. The summed E-state index contributed by atoms with van der Waals surface area (Å²) in [5.74, 6) is 0.698. The van der Waals surface area contributed by atoms with E-state index in [1.165, 1.54) is 90.7 Å². The summed E-state index contributed by atoms with van der Waals surface area (Å²) in [6, 6.07) is 75.2. The Balaban J connectivity index is 1.08. The van der Waals surface area contributed by atoms with E-state index < -0.39 is 0 Å². The minimum Gasteiger partial charge on any atom is -0.228 e. The number of thiophene rings is 1. The molecule has 0 unspecified atom stereocenters. The number of fused-ring (bicyclic) bond motifs is 3. The molecular weight excluding hydrogens is 757 g/mol. The van der Waals surface area contributed by atoms with Gasteiger partial charge in [0.05, 0.1) is 11.4 Å². The largest absolute Gasteiger partial charge is 0.228 e. The maximum Gasteiger partial charge on any atom is 0.160 e. The Bertz CT molecular complexity index is 3830. The molecule has 0 saturated carbocycles. The molecule has 13 aromatic rings. The predicted molar refractivity (Wildman–Crippen MR) is 261 cm³/mol. The van der Waals surface area contributed by atoms with Gasteiger partial charge in [-0.3, -0.25) is 0 Å². The van der Waals surface area contributed by atoms with Gasteiger partial charge in [0, 0.05) is 26.3 Å². The van der Waals surface area contributed by atoms with Crippen molar-refractivity contribution in [3.8, 4) is 55.5 Å². The second kappa shape index (κ2) is 13.4. The lowest BCUT2D eigenvalue weighted by atomic mass is 9.87. The molecule has 13 rings (SSSR count). The van der Waals surface area contributed by atoms with E-state index in [0.717, 1.165) is 33.6 Å². The Hall–Kier alpha value is -7.72. The van der Waals surface area contributed by atoms with Crippen molar-refractivity contribution >= 4 is 86.1 Å². The zero-order valence-corrected chi connectivity index (χ0v) is 33.7. The first-order valence-corrected chi connectivity index (χ1v) is 21.6. The van der Waals surface area contributed by atoms with Gasteiger partial charge in [0.15, 0.2) is 5.82 Å². The molecule has 0 atom stereocenters. The van der Waals surface area contributed by atoms with Crippen LogP contribution in [0, 0.1) is 0 Å². The molecule has 0 fully saturated rings. The van der Waals surface area contributed by atoms with E-state index in [1.54, 1.807) is 0 Å². The summed E-state index contributed by atoms with van der Waals surface area (Å²) in [5, 5.41) is 16.4. The lowest BCUT2D eigenvalue weighted by molar-refractivity contribution is 1.18. The zero-order valence-electron chi connectivity index (χ0n) is 32.9. The first kappa shape index (κ1) is 34.2. The number of hydrogen-bond acceptors (Lipinski definition) is 3. The van der Waals surface area contributed by atoms with Crippen LogP contribution in [0.3, 0.4) is 0 Å². The lowest BCUT2D eigenvalue weighted by Gasteiger charge is -2.17. The van der Waals surface area contributed by atoms with Crippen molar-refractivity contribution < 1.29 is 0 Å². The summed E-state index contributed by atoms with van der Waals surface area (Å²) in [6.45, 7) is 0. The number of aromatic nitrogens is 2. The van der Waals surface area contributed by atoms with E-state index in [4.69, 9.17) is 9.97 Å². The summed E-state index contributed by atoms with van der Waals surface area (Å²) in [7, 11) is 0. The van der Waals surface area contributed by atoms with Crippen LogP contribution in [-0.4, -0.2) is 9.97 Å².